The second kappa shape index (κ2) is 45.6. The van der Waals surface area contributed by atoms with Crippen LogP contribution in [0.4, 0.5) is 49.6 Å². The van der Waals surface area contributed by atoms with E-state index in [2.05, 4.69) is 90.1 Å². The first kappa shape index (κ1) is 91.9. The van der Waals surface area contributed by atoms with Crippen LogP contribution in [0.5, 0.6) is 0 Å². The zero-order valence-electron chi connectivity index (χ0n) is 52.0. The van der Waals surface area contributed by atoms with E-state index >= 15 is 0 Å². The predicted octanol–water partition coefficient (Wildman–Crippen LogP) is 15.3. The van der Waals surface area contributed by atoms with E-state index in [0.717, 1.165) is 58.3 Å². The molecule has 0 aliphatic heterocycles. The molecule has 32 heteroatoms. The first-order valence-corrected chi connectivity index (χ1v) is 27.1. The van der Waals surface area contributed by atoms with Gasteiger partial charge in [-0.2, -0.15) is 5.10 Å². The van der Waals surface area contributed by atoms with Crippen molar-refractivity contribution in [2.75, 3.05) is 0 Å². The number of carboxylic acid groups (broad SMARTS) is 2. The molecule has 0 aliphatic rings. The van der Waals surface area contributed by atoms with Crippen molar-refractivity contribution in [3.8, 4) is 56.3 Å². The number of benzene rings is 1. The molecule has 12 rings (SSSR count). The van der Waals surface area contributed by atoms with Crippen LogP contribution in [0.25, 0.3) is 61.1 Å². The van der Waals surface area contributed by atoms with E-state index in [1.165, 1.54) is 35.4 Å². The molecule has 0 saturated carbocycles. The van der Waals surface area contributed by atoms with Crippen LogP contribution in [-0.2, 0) is 108 Å². The summed E-state index contributed by atoms with van der Waals surface area (Å²) in [6.45, 7) is 16.0. The third kappa shape index (κ3) is 28.8. The molecular weight excluding hydrogens is 2230 g/mol. The van der Waals surface area contributed by atoms with E-state index in [1.54, 1.807) is 111 Å². The number of hydrogen-bond acceptors (Lipinski definition) is 13. The van der Waals surface area contributed by atoms with Crippen LogP contribution in [0.2, 0.25) is 0 Å². The standard InChI is InChI=1S/C13H7F2N2.3C11H7F2N2.C10H5F2N2.C6H8N2O2.C6H5NO2.CH4.5Ir/c1-8-5-6-17-11(7-8)9-3-4-10(14)13(16-2)12(9)15;3*1-7-4-5-14-9(6-7)8-2-3-10(12)15-11(8)13;11-9-5-4-7(10(12)14-9)8-3-1-2-6-13-8;1-4-3-5(6(9)10)7-8(4)2;8-6(9)5-3-1-2-4-7-5;;;;;;/h4-7H,1H3;3*3-6H,1H3;1-3,5-6H;3H,1-2H3,(H,9,10);1-4H,(H,8,9);1H4;;;;;/q5*-1;;;;;;;;. The Balaban J connectivity index is 0.00000115. The summed E-state index contributed by atoms with van der Waals surface area (Å²) in [6, 6.07) is 42.4. The topological polar surface area (TPSA) is 226 Å². The van der Waals surface area contributed by atoms with Crippen molar-refractivity contribution in [3.63, 3.8) is 0 Å². The molecule has 2 N–H and O–H groups in total. The molecule has 0 spiro atoms. The van der Waals surface area contributed by atoms with Crippen LogP contribution in [0.3, 0.4) is 0 Å². The van der Waals surface area contributed by atoms with Crippen molar-refractivity contribution in [2.24, 2.45) is 7.05 Å². The molecular formula is C69H50F10Ir5N13O4-5. The molecule has 0 saturated heterocycles. The van der Waals surface area contributed by atoms with Gasteiger partial charge >= 0.3 is 11.9 Å². The van der Waals surface area contributed by atoms with Crippen molar-refractivity contribution in [1.82, 2.24) is 59.6 Å². The average molecular weight is 2280 g/mol. The summed E-state index contributed by atoms with van der Waals surface area (Å²) in [7, 11) is 1.71. The number of aromatic nitrogens is 12. The minimum absolute atomic E-state index is 0. The second-order valence-corrected chi connectivity index (χ2v) is 19.1. The molecule has 11 heterocycles. The number of nitrogens with zero attached hydrogens (tertiary/aromatic N) is 13. The Kier molecular flexibility index (Phi) is 41.5. The minimum atomic E-state index is -0.990. The molecule has 0 fully saturated rings. The van der Waals surface area contributed by atoms with E-state index in [4.69, 9.17) is 16.8 Å². The maximum Gasteiger partial charge on any atom is 0.356 e. The molecule has 0 unspecified atom stereocenters. The number of rotatable bonds is 7. The van der Waals surface area contributed by atoms with Crippen molar-refractivity contribution in [1.29, 1.82) is 0 Å². The van der Waals surface area contributed by atoms with Crippen LogP contribution in [0.1, 0.15) is 56.4 Å². The molecule has 5 radical (unpaired) electrons. The Morgan fingerprint density at radius 3 is 0.990 bits per heavy atom. The molecule has 0 atom stereocenters. The van der Waals surface area contributed by atoms with Gasteiger partial charge in [-0.25, -0.2) is 49.7 Å². The zero-order chi connectivity index (χ0) is 69.3. The van der Waals surface area contributed by atoms with Crippen LogP contribution >= 0.6 is 0 Å². The number of hydrogen-bond donors (Lipinski definition) is 2. The molecule has 11 aromatic heterocycles. The fraction of sp³-hybridized carbons (Fsp3) is 0.101. The summed E-state index contributed by atoms with van der Waals surface area (Å²) in [5, 5.41) is 20.5. The maximum absolute atomic E-state index is 13.8. The third-order valence-corrected chi connectivity index (χ3v) is 11.9. The number of carbonyl (C=O) groups is 2. The number of pyridine rings is 10. The van der Waals surface area contributed by atoms with Crippen molar-refractivity contribution in [3.05, 3.63) is 299 Å². The van der Waals surface area contributed by atoms with Crippen molar-refractivity contribution in [2.45, 2.75) is 42.0 Å². The van der Waals surface area contributed by atoms with Crippen molar-refractivity contribution >= 4 is 17.6 Å². The summed E-state index contributed by atoms with van der Waals surface area (Å²) < 4.78 is 131. The SMILES string of the molecule is C.Cc1cc(C(=O)O)nn1C.Cc1ccnc(-c2[c-]cc(F)nc2F)c1.Cc1ccnc(-c2[c-]cc(F)nc2F)c1.Cc1ccnc(-c2[c-]cc(F)nc2F)c1.Fc1c[c-]c(-c2ccccn2)c(F)n1.O=C(O)c1ccccn1.[C-]#[N+]c1c(F)c[c-]c(-c2cc(C)ccn2)c1F.[Ir].[Ir].[Ir].[Ir].[Ir]. The quantitative estimate of drug-likeness (QED) is 0.0859. The largest absolute Gasteiger partial charge is 0.477 e. The Labute approximate surface area is 640 Å². The molecule has 12 aromatic rings. The smallest absolute Gasteiger partial charge is 0.356 e. The molecule has 535 valence electrons. The fourth-order valence-corrected chi connectivity index (χ4v) is 7.35. The van der Waals surface area contributed by atoms with Gasteiger partial charge in [-0.1, -0.05) is 119 Å². The molecule has 0 aliphatic carbocycles. The van der Waals surface area contributed by atoms with Gasteiger partial charge in [-0.15, -0.1) is 42.0 Å². The zero-order valence-corrected chi connectivity index (χ0v) is 64.0. The van der Waals surface area contributed by atoms with Gasteiger partial charge in [-0.3, -0.25) is 38.2 Å². The van der Waals surface area contributed by atoms with Gasteiger partial charge in [0.2, 0.25) is 0 Å². The van der Waals surface area contributed by atoms with E-state index < -0.39 is 76.8 Å². The van der Waals surface area contributed by atoms with Crippen LogP contribution in [-0.4, -0.2) is 81.8 Å². The van der Waals surface area contributed by atoms with Gasteiger partial charge in [0.05, 0.1) is 6.57 Å². The van der Waals surface area contributed by atoms with Gasteiger partial charge in [0.1, 0.15) is 53.3 Å². The van der Waals surface area contributed by atoms with Gasteiger partial charge < -0.3 is 35.1 Å². The Hall–Kier alpha value is -9.09. The molecule has 1 aromatic carbocycles. The molecule has 101 heavy (non-hydrogen) atoms. The molecule has 0 bridgehead atoms. The number of carboxylic acids is 2. The number of halogens is 10. The van der Waals surface area contributed by atoms with E-state index in [0.29, 0.717) is 28.5 Å². The number of aryl methyl sites for hydroxylation is 6. The van der Waals surface area contributed by atoms with Gasteiger partial charge in [0.15, 0.2) is 11.4 Å². The first-order valence-electron chi connectivity index (χ1n) is 27.1. The maximum atomic E-state index is 13.8. The normalized spacial score (nSPS) is 9.46. The average Bonchev–Trinajstić information content (AvgIpc) is 1.70. The summed E-state index contributed by atoms with van der Waals surface area (Å²) >= 11 is 0. The Bertz CT molecular complexity index is 4430. The van der Waals surface area contributed by atoms with Gasteiger partial charge in [-0.05, 0) is 112 Å². The fourth-order valence-electron chi connectivity index (χ4n) is 7.35. The minimum Gasteiger partial charge on any atom is -0.477 e. The first-order chi connectivity index (χ1) is 45.3. The Morgan fingerprint density at radius 2 is 0.733 bits per heavy atom. The van der Waals surface area contributed by atoms with Crippen LogP contribution < -0.4 is 0 Å². The van der Waals surface area contributed by atoms with E-state index in [9.17, 15) is 53.5 Å². The summed E-state index contributed by atoms with van der Waals surface area (Å²) in [6.07, 6.45) is 9.16. The van der Waals surface area contributed by atoms with E-state index in [-0.39, 0.29) is 147 Å². The van der Waals surface area contributed by atoms with Gasteiger partial charge in [0.25, 0.3) is 0 Å². The third-order valence-electron chi connectivity index (χ3n) is 11.9. The van der Waals surface area contributed by atoms with Gasteiger partial charge in [0, 0.05) is 162 Å². The Morgan fingerprint density at radius 1 is 0.416 bits per heavy atom. The molecule has 17 nitrogen and oxygen atoms in total. The summed E-state index contributed by atoms with van der Waals surface area (Å²) in [5.41, 5.74) is 6.40. The van der Waals surface area contributed by atoms with Crippen LogP contribution in [0, 0.1) is 131 Å². The monoisotopic (exact) mass is 2280 g/mol. The van der Waals surface area contributed by atoms with Crippen molar-refractivity contribution < 1.29 is 164 Å². The molecule has 0 amide bonds. The summed E-state index contributed by atoms with van der Waals surface area (Å²) in [4.78, 5) is 58.9. The van der Waals surface area contributed by atoms with E-state index in [1.807, 2.05) is 27.7 Å². The number of aromatic carboxylic acids is 2. The second-order valence-electron chi connectivity index (χ2n) is 19.1. The predicted molar refractivity (Wildman–Crippen MR) is 331 cm³/mol. The summed E-state index contributed by atoms with van der Waals surface area (Å²) in [5.74, 6) is -10.9. The van der Waals surface area contributed by atoms with Crippen LogP contribution in [0.15, 0.2) is 159 Å².